The van der Waals surface area contributed by atoms with Crippen molar-refractivity contribution in [3.8, 4) is 0 Å². The standard InChI is InChI=1S/C11H9BrF3N3S/c12-8-2-4-19-10(8)9(18-16)6-5-17-3-1-7(6)11(13,14)15/h1-5,9,18H,16H2. The monoisotopic (exact) mass is 351 g/mol. The molecular formula is C11H9BrF3N3S. The molecule has 0 bridgehead atoms. The predicted molar refractivity (Wildman–Crippen MR) is 70.4 cm³/mol. The summed E-state index contributed by atoms with van der Waals surface area (Å²) in [5.41, 5.74) is 1.67. The van der Waals surface area contributed by atoms with Crippen LogP contribution in [0.25, 0.3) is 0 Å². The van der Waals surface area contributed by atoms with E-state index in [0.717, 1.165) is 12.3 Å². The van der Waals surface area contributed by atoms with Gasteiger partial charge in [-0.15, -0.1) is 11.3 Å². The molecule has 0 aliphatic heterocycles. The van der Waals surface area contributed by atoms with Crippen LogP contribution in [0.1, 0.15) is 22.0 Å². The lowest BCUT2D eigenvalue weighted by Gasteiger charge is -2.20. The number of hydrogen-bond donors (Lipinski definition) is 2. The lowest BCUT2D eigenvalue weighted by molar-refractivity contribution is -0.138. The zero-order valence-corrected chi connectivity index (χ0v) is 11.8. The molecule has 0 aromatic carbocycles. The average Bonchev–Trinajstić information content (AvgIpc) is 2.76. The summed E-state index contributed by atoms with van der Waals surface area (Å²) in [6.45, 7) is 0. The fraction of sp³-hybridized carbons (Fsp3) is 0.182. The number of nitrogens with two attached hydrogens (primary N) is 1. The van der Waals surface area contributed by atoms with Gasteiger partial charge in [0.25, 0.3) is 0 Å². The molecule has 3 nitrogen and oxygen atoms in total. The average molecular weight is 352 g/mol. The minimum absolute atomic E-state index is 0.000602. The Kier molecular flexibility index (Phi) is 4.24. The molecular weight excluding hydrogens is 343 g/mol. The second-order valence-electron chi connectivity index (χ2n) is 3.69. The summed E-state index contributed by atoms with van der Waals surface area (Å²) >= 11 is 4.61. The van der Waals surface area contributed by atoms with E-state index in [0.29, 0.717) is 9.35 Å². The smallest absolute Gasteiger partial charge is 0.271 e. The quantitative estimate of drug-likeness (QED) is 0.657. The normalized spacial score (nSPS) is 13.5. The van der Waals surface area contributed by atoms with Crippen molar-refractivity contribution in [1.82, 2.24) is 10.4 Å². The lowest BCUT2D eigenvalue weighted by Crippen LogP contribution is -2.30. The number of thiophene rings is 1. The number of aromatic nitrogens is 1. The summed E-state index contributed by atoms with van der Waals surface area (Å²) in [5, 5.41) is 1.77. The zero-order chi connectivity index (χ0) is 14.0. The molecule has 1 unspecified atom stereocenters. The van der Waals surface area contributed by atoms with Gasteiger partial charge in [0, 0.05) is 27.3 Å². The van der Waals surface area contributed by atoms with Crippen LogP contribution >= 0.6 is 27.3 Å². The zero-order valence-electron chi connectivity index (χ0n) is 9.41. The number of pyridine rings is 1. The van der Waals surface area contributed by atoms with E-state index in [9.17, 15) is 13.2 Å². The van der Waals surface area contributed by atoms with Crippen molar-refractivity contribution >= 4 is 27.3 Å². The number of nitrogens with one attached hydrogen (secondary N) is 1. The van der Waals surface area contributed by atoms with Gasteiger partial charge in [-0.1, -0.05) is 0 Å². The third-order valence-corrected chi connectivity index (χ3v) is 4.48. The molecule has 0 aliphatic carbocycles. The van der Waals surface area contributed by atoms with Crippen molar-refractivity contribution in [2.24, 2.45) is 5.84 Å². The van der Waals surface area contributed by atoms with Crippen molar-refractivity contribution < 1.29 is 13.2 Å². The molecule has 0 saturated carbocycles. The number of rotatable bonds is 3. The number of nitrogens with zero attached hydrogens (tertiary/aromatic N) is 1. The largest absolute Gasteiger partial charge is 0.416 e. The van der Waals surface area contributed by atoms with Crippen molar-refractivity contribution in [2.75, 3.05) is 0 Å². The third kappa shape index (κ3) is 2.97. The second kappa shape index (κ2) is 5.58. The van der Waals surface area contributed by atoms with Gasteiger partial charge in [-0.3, -0.25) is 10.8 Å². The van der Waals surface area contributed by atoms with Gasteiger partial charge in [-0.05, 0) is 33.4 Å². The lowest BCUT2D eigenvalue weighted by atomic mass is 10.0. The van der Waals surface area contributed by atoms with Crippen molar-refractivity contribution in [2.45, 2.75) is 12.2 Å². The molecule has 0 aliphatic rings. The predicted octanol–water partition coefficient (Wildman–Crippen LogP) is 3.48. The molecule has 0 saturated heterocycles. The fourth-order valence-electron chi connectivity index (χ4n) is 1.71. The van der Waals surface area contributed by atoms with E-state index in [4.69, 9.17) is 5.84 Å². The summed E-state index contributed by atoms with van der Waals surface area (Å²) < 4.78 is 39.7. The van der Waals surface area contributed by atoms with Crippen LogP contribution in [0.2, 0.25) is 0 Å². The fourth-order valence-corrected chi connectivity index (χ4v) is 3.39. The van der Waals surface area contributed by atoms with Crippen LogP contribution in [0.15, 0.2) is 34.4 Å². The van der Waals surface area contributed by atoms with Crippen LogP contribution in [0.5, 0.6) is 0 Å². The molecule has 8 heteroatoms. The highest BCUT2D eigenvalue weighted by molar-refractivity contribution is 9.10. The maximum absolute atomic E-state index is 13.0. The van der Waals surface area contributed by atoms with Gasteiger partial charge in [0.05, 0.1) is 11.6 Å². The van der Waals surface area contributed by atoms with Gasteiger partial charge in [0.1, 0.15) is 0 Å². The Morgan fingerprint density at radius 2 is 2.11 bits per heavy atom. The Labute approximate surface area is 119 Å². The van der Waals surface area contributed by atoms with Gasteiger partial charge < -0.3 is 0 Å². The molecule has 0 fully saturated rings. The van der Waals surface area contributed by atoms with Crippen LogP contribution in [0, 0.1) is 0 Å². The first-order valence-electron chi connectivity index (χ1n) is 5.15. The van der Waals surface area contributed by atoms with Crippen LogP contribution in [-0.2, 0) is 6.18 Å². The minimum Gasteiger partial charge on any atom is -0.271 e. The number of hydrogen-bond acceptors (Lipinski definition) is 4. The van der Waals surface area contributed by atoms with E-state index in [1.54, 1.807) is 11.4 Å². The molecule has 102 valence electrons. The topological polar surface area (TPSA) is 50.9 Å². The molecule has 1 atom stereocenters. The first-order valence-corrected chi connectivity index (χ1v) is 6.82. The number of halogens is 4. The van der Waals surface area contributed by atoms with E-state index in [1.807, 2.05) is 0 Å². The van der Waals surface area contributed by atoms with Crippen LogP contribution < -0.4 is 11.3 Å². The van der Waals surface area contributed by atoms with Gasteiger partial charge in [-0.2, -0.15) is 13.2 Å². The highest BCUT2D eigenvalue weighted by Gasteiger charge is 2.36. The molecule has 2 heterocycles. The maximum Gasteiger partial charge on any atom is 0.416 e. The summed E-state index contributed by atoms with van der Waals surface area (Å²) in [7, 11) is 0. The van der Waals surface area contributed by atoms with Gasteiger partial charge >= 0.3 is 6.18 Å². The SMILES string of the molecule is NNC(c1cnccc1C(F)(F)F)c1sccc1Br. The number of alkyl halides is 3. The van der Waals surface area contributed by atoms with E-state index >= 15 is 0 Å². The third-order valence-electron chi connectivity index (χ3n) is 2.54. The second-order valence-corrected chi connectivity index (χ2v) is 5.50. The molecule has 2 aromatic rings. The van der Waals surface area contributed by atoms with E-state index in [-0.39, 0.29) is 5.56 Å². The first kappa shape index (κ1) is 14.4. The first-order chi connectivity index (χ1) is 8.95. The van der Waals surface area contributed by atoms with E-state index in [1.165, 1.54) is 17.5 Å². The Bertz CT molecular complexity index is 570. The minimum atomic E-state index is -4.45. The summed E-state index contributed by atoms with van der Waals surface area (Å²) in [6.07, 6.45) is -2.15. The van der Waals surface area contributed by atoms with Crippen LogP contribution in [0.4, 0.5) is 13.2 Å². The van der Waals surface area contributed by atoms with Gasteiger partial charge in [0.2, 0.25) is 0 Å². The molecule has 3 N–H and O–H groups in total. The Balaban J connectivity index is 2.54. The van der Waals surface area contributed by atoms with E-state index in [2.05, 4.69) is 26.3 Å². The maximum atomic E-state index is 13.0. The Morgan fingerprint density at radius 3 is 2.63 bits per heavy atom. The molecule has 0 spiro atoms. The molecule has 2 rings (SSSR count). The molecule has 0 amide bonds. The van der Waals surface area contributed by atoms with Crippen molar-refractivity contribution in [3.05, 3.63) is 50.4 Å². The molecule has 0 radical (unpaired) electrons. The highest BCUT2D eigenvalue weighted by atomic mass is 79.9. The summed E-state index contributed by atoms with van der Waals surface area (Å²) in [6, 6.07) is 1.94. The molecule has 19 heavy (non-hydrogen) atoms. The van der Waals surface area contributed by atoms with Crippen molar-refractivity contribution in [3.63, 3.8) is 0 Å². The molecule has 2 aromatic heterocycles. The Hall–Kier alpha value is -0.960. The van der Waals surface area contributed by atoms with Crippen LogP contribution in [0.3, 0.4) is 0 Å². The van der Waals surface area contributed by atoms with E-state index < -0.39 is 17.8 Å². The highest BCUT2D eigenvalue weighted by Crippen LogP contribution is 2.39. The van der Waals surface area contributed by atoms with Crippen LogP contribution in [-0.4, -0.2) is 4.98 Å². The van der Waals surface area contributed by atoms with Crippen molar-refractivity contribution in [1.29, 1.82) is 0 Å². The number of hydrazine groups is 1. The van der Waals surface area contributed by atoms with Gasteiger partial charge in [0.15, 0.2) is 0 Å². The Morgan fingerprint density at radius 1 is 1.37 bits per heavy atom. The van der Waals surface area contributed by atoms with Gasteiger partial charge in [-0.25, -0.2) is 5.43 Å². The summed E-state index contributed by atoms with van der Waals surface area (Å²) in [4.78, 5) is 4.43. The summed E-state index contributed by atoms with van der Waals surface area (Å²) in [5.74, 6) is 5.42.